The Balaban J connectivity index is 3.27. The quantitative estimate of drug-likeness (QED) is 0.152. The van der Waals surface area contributed by atoms with E-state index in [9.17, 15) is 0 Å². The molecule has 0 saturated carbocycles. The molecule has 0 spiro atoms. The lowest BCUT2D eigenvalue weighted by atomic mass is 10.4. The van der Waals surface area contributed by atoms with Crippen molar-refractivity contribution in [3.63, 3.8) is 0 Å². The molecular weight excluding hydrogens is 374 g/mol. The summed E-state index contributed by atoms with van der Waals surface area (Å²) in [7, 11) is -2.84. The summed E-state index contributed by atoms with van der Waals surface area (Å²) < 4.78 is 9.18. The summed E-state index contributed by atoms with van der Waals surface area (Å²) in [4.78, 5) is 0. The highest BCUT2D eigenvalue weighted by atomic mass is 28.4. The van der Waals surface area contributed by atoms with Gasteiger partial charge in [-0.1, -0.05) is 105 Å². The van der Waals surface area contributed by atoms with Crippen LogP contribution in [0.1, 0.15) is 98.8 Å². The number of nitrogens with zero attached hydrogens (tertiary/aromatic N) is 1. The predicted molar refractivity (Wildman–Crippen MR) is 132 cm³/mol. The maximum Gasteiger partial charge on any atom is 0.121 e. The molecule has 28 heavy (non-hydrogen) atoms. The van der Waals surface area contributed by atoms with Gasteiger partial charge >= 0.3 is 0 Å². The Morgan fingerprint density at radius 1 is 0.679 bits per heavy atom. The van der Waals surface area contributed by atoms with Gasteiger partial charge < -0.3 is 8.97 Å². The van der Waals surface area contributed by atoms with E-state index in [4.69, 9.17) is 4.74 Å². The van der Waals surface area contributed by atoms with Crippen molar-refractivity contribution in [1.82, 2.24) is 4.23 Å². The molecule has 0 N–H and O–H groups in total. The number of ether oxygens (including phenoxy) is 1. The minimum atomic E-state index is -1.43. The molecule has 1 unspecified atom stereocenters. The van der Waals surface area contributed by atoms with E-state index >= 15 is 0 Å². The van der Waals surface area contributed by atoms with Crippen LogP contribution in [-0.4, -0.2) is 40.0 Å². The van der Waals surface area contributed by atoms with Crippen LogP contribution >= 0.6 is 0 Å². The molecule has 0 aromatic rings. The molecule has 1 fully saturated rings. The summed E-state index contributed by atoms with van der Waals surface area (Å²) in [6.07, 6.45) is 14.6. The molecule has 2 nitrogen and oxygen atoms in total. The Morgan fingerprint density at radius 3 is 1.36 bits per heavy atom. The lowest BCUT2D eigenvalue weighted by Crippen LogP contribution is -2.66. The second-order valence-electron chi connectivity index (χ2n) is 9.80. The smallest absolute Gasteiger partial charge is 0.121 e. The van der Waals surface area contributed by atoms with E-state index in [2.05, 4.69) is 45.4 Å². The largest absolute Gasteiger partial charge is 0.372 e. The third-order valence-corrected chi connectivity index (χ3v) is 19.7. The molecule has 1 heterocycles. The molecule has 0 bridgehead atoms. The Hall–Kier alpha value is 0.354. The molecule has 0 aliphatic carbocycles. The van der Waals surface area contributed by atoms with E-state index in [0.29, 0.717) is 6.10 Å². The zero-order valence-electron chi connectivity index (χ0n) is 20.5. The first-order valence-corrected chi connectivity index (χ1v) is 18.3. The molecule has 1 aliphatic rings. The van der Waals surface area contributed by atoms with E-state index in [1.54, 1.807) is 18.1 Å². The predicted octanol–water partition coefficient (Wildman–Crippen LogP) is 8.21. The molecule has 1 rings (SSSR count). The van der Waals surface area contributed by atoms with Gasteiger partial charge in [-0.15, -0.1) is 0 Å². The molecular formula is C24H53NOSi2. The first kappa shape index (κ1) is 26.4. The third-order valence-electron chi connectivity index (χ3n) is 7.14. The van der Waals surface area contributed by atoms with Crippen molar-refractivity contribution >= 4 is 16.5 Å². The molecule has 1 saturated heterocycles. The fourth-order valence-electron chi connectivity index (χ4n) is 5.17. The Labute approximate surface area is 180 Å². The van der Waals surface area contributed by atoms with Gasteiger partial charge in [0.25, 0.3) is 0 Å². The van der Waals surface area contributed by atoms with Crippen molar-refractivity contribution in [2.75, 3.05) is 13.2 Å². The minimum Gasteiger partial charge on any atom is -0.372 e. The zero-order chi connectivity index (χ0) is 20.9. The highest BCUT2D eigenvalue weighted by molar-refractivity contribution is 6.92. The number of hydrogen-bond donors (Lipinski definition) is 0. The van der Waals surface area contributed by atoms with Gasteiger partial charge in [0.15, 0.2) is 0 Å². The van der Waals surface area contributed by atoms with E-state index in [1.165, 1.54) is 82.8 Å². The van der Waals surface area contributed by atoms with Crippen LogP contribution in [0.2, 0.25) is 36.8 Å². The van der Waals surface area contributed by atoms with Crippen LogP contribution in [0.5, 0.6) is 0 Å². The molecule has 0 radical (unpaired) electrons. The lowest BCUT2D eigenvalue weighted by Gasteiger charge is -2.53. The van der Waals surface area contributed by atoms with Crippen molar-refractivity contribution in [3.05, 3.63) is 0 Å². The number of epoxide rings is 1. The van der Waals surface area contributed by atoms with Crippen LogP contribution in [0.4, 0.5) is 0 Å². The molecule has 168 valence electrons. The van der Waals surface area contributed by atoms with Gasteiger partial charge in [0.05, 0.1) is 12.7 Å². The van der Waals surface area contributed by atoms with Gasteiger partial charge in [0.1, 0.15) is 16.5 Å². The average molecular weight is 428 g/mol. The van der Waals surface area contributed by atoms with Crippen molar-refractivity contribution in [1.29, 1.82) is 0 Å². The van der Waals surface area contributed by atoms with Gasteiger partial charge in [0.2, 0.25) is 0 Å². The molecule has 0 aromatic heterocycles. The number of unbranched alkanes of at least 4 members (excludes halogenated alkanes) is 5. The fourth-order valence-corrected chi connectivity index (χ4v) is 20.3. The van der Waals surface area contributed by atoms with E-state index in [0.717, 1.165) is 6.61 Å². The Morgan fingerprint density at radius 2 is 1.04 bits per heavy atom. The van der Waals surface area contributed by atoms with Gasteiger partial charge in [-0.25, -0.2) is 0 Å². The summed E-state index contributed by atoms with van der Waals surface area (Å²) in [6, 6.07) is 7.70. The summed E-state index contributed by atoms with van der Waals surface area (Å²) in [5.74, 6) is 0. The van der Waals surface area contributed by atoms with E-state index in [1.807, 2.05) is 0 Å². The normalized spacial score (nSPS) is 17.5. The lowest BCUT2D eigenvalue weighted by molar-refractivity contribution is 0.375. The first-order chi connectivity index (χ1) is 13.5. The average Bonchev–Trinajstić information content (AvgIpc) is 3.53. The topological polar surface area (TPSA) is 15.8 Å². The van der Waals surface area contributed by atoms with Crippen molar-refractivity contribution in [3.8, 4) is 0 Å². The number of rotatable bonds is 19. The van der Waals surface area contributed by atoms with Crippen LogP contribution in [0.15, 0.2) is 0 Å². The zero-order valence-corrected chi connectivity index (χ0v) is 22.5. The van der Waals surface area contributed by atoms with Crippen molar-refractivity contribution in [2.24, 2.45) is 0 Å². The fraction of sp³-hybridized carbons (Fsp3) is 1.00. The third kappa shape index (κ3) is 8.61. The van der Waals surface area contributed by atoms with Gasteiger partial charge in [-0.3, -0.25) is 0 Å². The first-order valence-electron chi connectivity index (χ1n) is 12.9. The van der Waals surface area contributed by atoms with Crippen LogP contribution < -0.4 is 0 Å². The van der Waals surface area contributed by atoms with Crippen LogP contribution in [-0.2, 0) is 4.74 Å². The van der Waals surface area contributed by atoms with Gasteiger partial charge in [0, 0.05) is 6.54 Å². The summed E-state index contributed by atoms with van der Waals surface area (Å²) >= 11 is 0. The molecule has 4 heteroatoms. The highest BCUT2D eigenvalue weighted by Gasteiger charge is 2.48. The monoisotopic (exact) mass is 427 g/mol. The maximum absolute atomic E-state index is 5.85. The SMILES string of the molecule is CCCC[Si](C)(CCCC)N(CC1CO1)[Si](CCCC)(CCCC)CCCC. The minimum absolute atomic E-state index is 0.562. The maximum atomic E-state index is 5.85. The molecule has 1 atom stereocenters. The van der Waals surface area contributed by atoms with Crippen molar-refractivity contribution in [2.45, 2.75) is 142 Å². The molecule has 0 aromatic carbocycles. The molecule has 1 aliphatic heterocycles. The highest BCUT2D eigenvalue weighted by Crippen LogP contribution is 2.40. The Kier molecular flexibility index (Phi) is 13.5. The standard InChI is InChI=1S/C24H53NOSi2/c1-7-12-17-27(6,18-13-8-2)25(22-24-23-26-24)28(19-14-9-3,20-15-10-4)21-16-11-5/h24H,7-23H2,1-6H3. The van der Waals surface area contributed by atoms with Gasteiger partial charge in [-0.05, 0) is 30.2 Å². The summed E-state index contributed by atoms with van der Waals surface area (Å²) in [6.45, 7) is 17.1. The number of hydrogen-bond acceptors (Lipinski definition) is 2. The van der Waals surface area contributed by atoms with E-state index < -0.39 is 16.5 Å². The molecule has 0 amide bonds. The van der Waals surface area contributed by atoms with Gasteiger partial charge in [-0.2, -0.15) is 0 Å². The van der Waals surface area contributed by atoms with Crippen molar-refractivity contribution < 1.29 is 4.74 Å². The summed E-state index contributed by atoms with van der Waals surface area (Å²) in [5.41, 5.74) is 0. The van der Waals surface area contributed by atoms with Crippen LogP contribution in [0.25, 0.3) is 0 Å². The summed E-state index contributed by atoms with van der Waals surface area (Å²) in [5, 5.41) is 0. The second-order valence-corrected chi connectivity index (χ2v) is 19.3. The van der Waals surface area contributed by atoms with E-state index in [-0.39, 0.29) is 0 Å². The Bertz CT molecular complexity index is 357. The second kappa shape index (κ2) is 14.4. The van der Waals surface area contributed by atoms with Crippen LogP contribution in [0, 0.1) is 0 Å². The van der Waals surface area contributed by atoms with Crippen LogP contribution in [0.3, 0.4) is 0 Å².